The molecule has 2 aliphatic heterocycles. The van der Waals surface area contributed by atoms with E-state index in [1.165, 1.54) is 20.7 Å². The minimum absolute atomic E-state index is 0.119. The molecule has 1 atom stereocenters. The number of sulfonamides is 2. The van der Waals surface area contributed by atoms with E-state index in [-0.39, 0.29) is 28.8 Å². The summed E-state index contributed by atoms with van der Waals surface area (Å²) in [5, 5.41) is 2.88. The Bertz CT molecular complexity index is 1260. The van der Waals surface area contributed by atoms with Gasteiger partial charge < -0.3 is 10.1 Å². The van der Waals surface area contributed by atoms with Gasteiger partial charge in [0, 0.05) is 32.7 Å². The van der Waals surface area contributed by atoms with E-state index < -0.39 is 26.0 Å². The van der Waals surface area contributed by atoms with Crippen LogP contribution in [0.15, 0.2) is 58.3 Å². The summed E-state index contributed by atoms with van der Waals surface area (Å²) in [6, 6.07) is 12.9. The lowest BCUT2D eigenvalue weighted by molar-refractivity contribution is -0.126. The van der Waals surface area contributed by atoms with Crippen molar-refractivity contribution in [3.05, 3.63) is 54.1 Å². The Morgan fingerprint density at radius 2 is 1.42 bits per heavy atom. The SMILES string of the molecule is CCOc1ccc(S(=O)(=O)N2CCC[C@@H](C(=O)NCc3ccc(S(=O)(=O)N4CCCC4)cc3)C2)cc1. The third-order valence-corrected chi connectivity index (χ3v) is 10.4. The Labute approximate surface area is 213 Å². The zero-order chi connectivity index (χ0) is 25.8. The molecule has 1 amide bonds. The summed E-state index contributed by atoms with van der Waals surface area (Å²) in [7, 11) is -7.19. The van der Waals surface area contributed by atoms with Gasteiger partial charge in [0.1, 0.15) is 5.75 Å². The van der Waals surface area contributed by atoms with E-state index in [4.69, 9.17) is 4.74 Å². The Hall–Kier alpha value is -2.47. The second-order valence-corrected chi connectivity index (χ2v) is 13.0. The molecule has 2 fully saturated rings. The summed E-state index contributed by atoms with van der Waals surface area (Å²) in [5.41, 5.74) is 0.776. The Morgan fingerprint density at radius 1 is 0.861 bits per heavy atom. The lowest BCUT2D eigenvalue weighted by atomic mass is 9.99. The molecule has 0 aliphatic carbocycles. The van der Waals surface area contributed by atoms with Gasteiger partial charge in [0.05, 0.1) is 22.3 Å². The van der Waals surface area contributed by atoms with E-state index in [9.17, 15) is 21.6 Å². The van der Waals surface area contributed by atoms with Crippen LogP contribution in [-0.4, -0.2) is 64.1 Å². The van der Waals surface area contributed by atoms with Crippen molar-refractivity contribution in [1.82, 2.24) is 13.9 Å². The molecule has 2 heterocycles. The fraction of sp³-hybridized carbons (Fsp3) is 0.480. The lowest BCUT2D eigenvalue weighted by Gasteiger charge is -2.31. The van der Waals surface area contributed by atoms with E-state index in [0.29, 0.717) is 44.8 Å². The summed E-state index contributed by atoms with van der Waals surface area (Å²) >= 11 is 0. The zero-order valence-electron chi connectivity index (χ0n) is 20.4. The number of nitrogens with zero attached hydrogens (tertiary/aromatic N) is 2. The number of carbonyl (C=O) groups excluding carboxylic acids is 1. The predicted molar refractivity (Wildman–Crippen MR) is 135 cm³/mol. The van der Waals surface area contributed by atoms with E-state index in [1.54, 1.807) is 36.4 Å². The first-order valence-corrected chi connectivity index (χ1v) is 15.2. The molecular weight excluding hydrogens is 502 g/mol. The molecule has 2 aromatic rings. The lowest BCUT2D eigenvalue weighted by Crippen LogP contribution is -2.45. The van der Waals surface area contributed by atoms with E-state index in [1.807, 2.05) is 6.92 Å². The summed E-state index contributed by atoms with van der Waals surface area (Å²) in [5.74, 6) is -0.0598. The van der Waals surface area contributed by atoms with E-state index in [0.717, 1.165) is 18.4 Å². The predicted octanol–water partition coefficient (Wildman–Crippen LogP) is 2.59. The van der Waals surface area contributed by atoms with Crippen LogP contribution in [0.4, 0.5) is 0 Å². The molecule has 9 nitrogen and oxygen atoms in total. The van der Waals surface area contributed by atoms with Crippen LogP contribution in [0.1, 0.15) is 38.2 Å². The van der Waals surface area contributed by atoms with Crippen molar-refractivity contribution in [2.75, 3.05) is 32.8 Å². The fourth-order valence-electron chi connectivity index (χ4n) is 4.59. The molecule has 36 heavy (non-hydrogen) atoms. The number of nitrogens with one attached hydrogen (secondary N) is 1. The summed E-state index contributed by atoms with van der Waals surface area (Å²) in [4.78, 5) is 13.3. The summed E-state index contributed by atoms with van der Waals surface area (Å²) in [6.07, 6.45) is 2.96. The second kappa shape index (κ2) is 11.3. The molecule has 4 rings (SSSR count). The standard InChI is InChI=1S/C25H33N3O6S2/c1-2-34-22-9-13-24(14-10-22)36(32,33)28-17-5-6-21(19-28)25(29)26-18-20-7-11-23(12-8-20)35(30,31)27-15-3-4-16-27/h7-14,21H,2-6,15-19H2,1H3,(H,26,29)/t21-/m1/s1. The number of piperidine rings is 1. The maximum atomic E-state index is 13.1. The largest absolute Gasteiger partial charge is 0.494 e. The van der Waals surface area contributed by atoms with Crippen LogP contribution in [0.5, 0.6) is 5.75 Å². The van der Waals surface area contributed by atoms with Crippen molar-refractivity contribution in [3.63, 3.8) is 0 Å². The van der Waals surface area contributed by atoms with Gasteiger partial charge in [-0.2, -0.15) is 8.61 Å². The molecule has 11 heteroatoms. The molecule has 0 bridgehead atoms. The minimum atomic E-state index is -3.72. The number of hydrogen-bond acceptors (Lipinski definition) is 6. The molecule has 2 saturated heterocycles. The minimum Gasteiger partial charge on any atom is -0.494 e. The number of hydrogen-bond donors (Lipinski definition) is 1. The van der Waals surface area contributed by atoms with Gasteiger partial charge in [-0.05, 0) is 74.6 Å². The highest BCUT2D eigenvalue weighted by Crippen LogP contribution is 2.26. The van der Waals surface area contributed by atoms with Gasteiger partial charge in [-0.25, -0.2) is 16.8 Å². The summed E-state index contributed by atoms with van der Waals surface area (Å²) < 4.78 is 59.8. The maximum Gasteiger partial charge on any atom is 0.243 e. The molecule has 2 aliphatic rings. The third-order valence-electron chi connectivity index (χ3n) is 6.62. The van der Waals surface area contributed by atoms with Gasteiger partial charge in [-0.15, -0.1) is 0 Å². The average Bonchev–Trinajstić information content (AvgIpc) is 3.44. The van der Waals surface area contributed by atoms with Gasteiger partial charge in [-0.1, -0.05) is 12.1 Å². The molecule has 196 valence electrons. The van der Waals surface area contributed by atoms with Crippen LogP contribution in [0.3, 0.4) is 0 Å². The number of rotatable bonds is 9. The van der Waals surface area contributed by atoms with Gasteiger partial charge in [0.2, 0.25) is 26.0 Å². The molecular formula is C25H33N3O6S2. The van der Waals surface area contributed by atoms with Crippen LogP contribution in [0.2, 0.25) is 0 Å². The monoisotopic (exact) mass is 535 g/mol. The van der Waals surface area contributed by atoms with Crippen molar-refractivity contribution < 1.29 is 26.4 Å². The van der Waals surface area contributed by atoms with Crippen LogP contribution in [-0.2, 0) is 31.4 Å². The van der Waals surface area contributed by atoms with Crippen LogP contribution >= 0.6 is 0 Å². The average molecular weight is 536 g/mol. The first kappa shape index (κ1) is 26.6. The number of ether oxygens (including phenoxy) is 1. The van der Waals surface area contributed by atoms with Gasteiger partial charge in [-0.3, -0.25) is 4.79 Å². The first-order chi connectivity index (χ1) is 17.2. The van der Waals surface area contributed by atoms with Gasteiger partial charge in [0.15, 0.2) is 0 Å². The van der Waals surface area contributed by atoms with Gasteiger partial charge in [0.25, 0.3) is 0 Å². The van der Waals surface area contributed by atoms with Crippen LogP contribution < -0.4 is 10.1 Å². The quantitative estimate of drug-likeness (QED) is 0.528. The molecule has 1 N–H and O–H groups in total. The Morgan fingerprint density at radius 3 is 2.03 bits per heavy atom. The number of amides is 1. The fourth-order valence-corrected chi connectivity index (χ4v) is 7.63. The molecule has 0 radical (unpaired) electrons. The highest BCUT2D eigenvalue weighted by Gasteiger charge is 2.33. The van der Waals surface area contributed by atoms with Crippen molar-refractivity contribution >= 4 is 26.0 Å². The van der Waals surface area contributed by atoms with Crippen molar-refractivity contribution in [1.29, 1.82) is 0 Å². The van der Waals surface area contributed by atoms with Gasteiger partial charge >= 0.3 is 0 Å². The Kier molecular flexibility index (Phi) is 8.34. The highest BCUT2D eigenvalue weighted by atomic mass is 32.2. The van der Waals surface area contributed by atoms with E-state index >= 15 is 0 Å². The molecule has 0 spiro atoms. The first-order valence-electron chi connectivity index (χ1n) is 12.3. The smallest absolute Gasteiger partial charge is 0.243 e. The number of benzene rings is 2. The van der Waals surface area contributed by atoms with Crippen molar-refractivity contribution in [2.45, 2.75) is 48.9 Å². The summed E-state index contributed by atoms with van der Waals surface area (Å²) in [6.45, 7) is 4.18. The van der Waals surface area contributed by atoms with Crippen LogP contribution in [0, 0.1) is 5.92 Å². The maximum absolute atomic E-state index is 13.1. The second-order valence-electron chi connectivity index (χ2n) is 9.08. The van der Waals surface area contributed by atoms with Crippen molar-refractivity contribution in [3.8, 4) is 5.75 Å². The normalized spacial score (nSPS) is 19.8. The molecule has 0 aromatic heterocycles. The molecule has 2 aromatic carbocycles. The number of carbonyl (C=O) groups is 1. The van der Waals surface area contributed by atoms with Crippen LogP contribution in [0.25, 0.3) is 0 Å². The zero-order valence-corrected chi connectivity index (χ0v) is 22.1. The van der Waals surface area contributed by atoms with E-state index in [2.05, 4.69) is 5.32 Å². The third kappa shape index (κ3) is 5.91. The topological polar surface area (TPSA) is 113 Å². The van der Waals surface area contributed by atoms with Crippen molar-refractivity contribution in [2.24, 2.45) is 5.92 Å². The molecule has 0 saturated carbocycles. The Balaban J connectivity index is 1.34. The molecule has 0 unspecified atom stereocenters. The highest BCUT2D eigenvalue weighted by molar-refractivity contribution is 7.89.